The summed E-state index contributed by atoms with van der Waals surface area (Å²) in [5.41, 5.74) is 3.27. The molecule has 1 atom stereocenters. The lowest BCUT2D eigenvalue weighted by molar-refractivity contribution is 0.313. The number of aromatic nitrogens is 3. The molecule has 0 saturated carbocycles. The smallest absolute Gasteiger partial charge is 0.231 e. The van der Waals surface area contributed by atoms with Crippen molar-refractivity contribution in [1.29, 1.82) is 0 Å². The van der Waals surface area contributed by atoms with Crippen molar-refractivity contribution in [3.05, 3.63) is 65.7 Å². The largest absolute Gasteiger partial charge is 0.368 e. The summed E-state index contributed by atoms with van der Waals surface area (Å²) >= 11 is 1.64. The molecule has 0 amide bonds. The van der Waals surface area contributed by atoms with Gasteiger partial charge < -0.3 is 15.1 Å². The van der Waals surface area contributed by atoms with Crippen LogP contribution in [-0.4, -0.2) is 59.3 Å². The summed E-state index contributed by atoms with van der Waals surface area (Å²) in [7, 11) is 2.16. The number of fused-ring (bicyclic) bond motifs is 1. The van der Waals surface area contributed by atoms with E-state index in [1.165, 1.54) is 5.56 Å². The van der Waals surface area contributed by atoms with Crippen molar-refractivity contribution in [3.63, 3.8) is 0 Å². The highest BCUT2D eigenvalue weighted by molar-refractivity contribution is 7.17. The van der Waals surface area contributed by atoms with Crippen molar-refractivity contribution in [3.8, 4) is 0 Å². The monoisotopic (exact) mass is 470 g/mol. The van der Waals surface area contributed by atoms with Gasteiger partial charge in [-0.1, -0.05) is 30.3 Å². The predicted molar refractivity (Wildman–Crippen MR) is 139 cm³/mol. The van der Waals surface area contributed by atoms with E-state index in [1.807, 2.05) is 41.0 Å². The molecule has 1 unspecified atom stereocenters. The zero-order chi connectivity index (χ0) is 22.9. The Morgan fingerprint density at radius 3 is 2.62 bits per heavy atom. The molecule has 0 aliphatic carbocycles. The fourth-order valence-corrected chi connectivity index (χ4v) is 5.27. The first kappa shape index (κ1) is 21.0. The number of anilines is 4. The van der Waals surface area contributed by atoms with Crippen LogP contribution in [-0.2, 0) is 0 Å². The SMILES string of the molecule is CN1CCN(c2ccc(Nc3nc(N4N=CCC4c4ccccc4)c4sccc4n3)nc2)CC1. The number of hydrazone groups is 1. The van der Waals surface area contributed by atoms with Gasteiger partial charge in [-0.3, -0.25) is 0 Å². The molecule has 172 valence electrons. The Morgan fingerprint density at radius 1 is 0.971 bits per heavy atom. The molecule has 0 spiro atoms. The highest BCUT2D eigenvalue weighted by atomic mass is 32.1. The van der Waals surface area contributed by atoms with E-state index in [0.29, 0.717) is 5.95 Å². The Morgan fingerprint density at radius 2 is 1.82 bits per heavy atom. The van der Waals surface area contributed by atoms with Crippen molar-refractivity contribution >= 4 is 51.0 Å². The van der Waals surface area contributed by atoms with Crippen molar-refractivity contribution in [1.82, 2.24) is 19.9 Å². The van der Waals surface area contributed by atoms with E-state index in [4.69, 9.17) is 9.97 Å². The van der Waals surface area contributed by atoms with Crippen LogP contribution in [0, 0.1) is 0 Å². The number of rotatable bonds is 5. The summed E-state index contributed by atoms with van der Waals surface area (Å²) in [6, 6.07) is 16.7. The van der Waals surface area contributed by atoms with Crippen molar-refractivity contribution in [2.24, 2.45) is 5.10 Å². The Balaban J connectivity index is 1.27. The topological polar surface area (TPSA) is 72.8 Å². The molecule has 0 bridgehead atoms. The number of benzene rings is 1. The van der Waals surface area contributed by atoms with Gasteiger partial charge in [0, 0.05) is 38.8 Å². The first-order chi connectivity index (χ1) is 16.7. The highest BCUT2D eigenvalue weighted by Gasteiger charge is 2.28. The quantitative estimate of drug-likeness (QED) is 0.460. The molecule has 1 fully saturated rings. The van der Waals surface area contributed by atoms with Crippen molar-refractivity contribution < 1.29 is 0 Å². The number of piperazine rings is 1. The average Bonchev–Trinajstić information content (AvgIpc) is 3.55. The minimum atomic E-state index is 0.121. The maximum Gasteiger partial charge on any atom is 0.231 e. The van der Waals surface area contributed by atoms with E-state index >= 15 is 0 Å². The summed E-state index contributed by atoms with van der Waals surface area (Å²) in [6.45, 7) is 4.18. The van der Waals surface area contributed by atoms with Crippen LogP contribution in [0.25, 0.3) is 10.2 Å². The summed E-state index contributed by atoms with van der Waals surface area (Å²) < 4.78 is 1.03. The average molecular weight is 471 g/mol. The lowest BCUT2D eigenvalue weighted by atomic mass is 10.0. The highest BCUT2D eigenvalue weighted by Crippen LogP contribution is 2.38. The number of thiophene rings is 1. The molecule has 1 N–H and O–H groups in total. The molecule has 2 aliphatic rings. The normalized spacial score (nSPS) is 18.7. The van der Waals surface area contributed by atoms with Gasteiger partial charge in [0.1, 0.15) is 5.82 Å². The zero-order valence-electron chi connectivity index (χ0n) is 19.0. The predicted octanol–water partition coefficient (Wildman–Crippen LogP) is 4.52. The minimum Gasteiger partial charge on any atom is -0.368 e. The number of nitrogens with one attached hydrogen (secondary N) is 1. The lowest BCUT2D eigenvalue weighted by Crippen LogP contribution is -2.44. The van der Waals surface area contributed by atoms with Gasteiger partial charge in [-0.05, 0) is 36.2 Å². The van der Waals surface area contributed by atoms with Crippen LogP contribution in [0.3, 0.4) is 0 Å². The summed E-state index contributed by atoms with van der Waals surface area (Å²) in [6.07, 6.45) is 4.73. The van der Waals surface area contributed by atoms with E-state index in [-0.39, 0.29) is 6.04 Å². The van der Waals surface area contributed by atoms with Gasteiger partial charge in [-0.25, -0.2) is 15.0 Å². The lowest BCUT2D eigenvalue weighted by Gasteiger charge is -2.33. The number of pyridine rings is 1. The van der Waals surface area contributed by atoms with E-state index in [1.54, 1.807) is 11.3 Å². The maximum absolute atomic E-state index is 4.89. The molecule has 5 heterocycles. The van der Waals surface area contributed by atoms with Gasteiger partial charge in [-0.15, -0.1) is 11.3 Å². The van der Waals surface area contributed by atoms with Gasteiger partial charge >= 0.3 is 0 Å². The van der Waals surface area contributed by atoms with Gasteiger partial charge in [0.25, 0.3) is 0 Å². The Bertz CT molecular complexity index is 1300. The van der Waals surface area contributed by atoms with Crippen LogP contribution < -0.4 is 15.2 Å². The molecule has 2 aliphatic heterocycles. The van der Waals surface area contributed by atoms with E-state index < -0.39 is 0 Å². The summed E-state index contributed by atoms with van der Waals surface area (Å²) in [4.78, 5) is 19.0. The molecule has 4 aromatic rings. The third-order valence-corrected chi connectivity index (χ3v) is 7.27. The van der Waals surface area contributed by atoms with E-state index in [0.717, 1.165) is 60.1 Å². The molecule has 34 heavy (non-hydrogen) atoms. The number of likely N-dealkylation sites (N-methyl/N-ethyl adjacent to an activating group) is 1. The maximum atomic E-state index is 4.89. The second-order valence-corrected chi connectivity index (χ2v) is 9.54. The number of hydrogen-bond acceptors (Lipinski definition) is 9. The van der Waals surface area contributed by atoms with Crippen LogP contribution in [0.5, 0.6) is 0 Å². The third kappa shape index (κ3) is 4.08. The standard InChI is InChI=1S/C25H26N8S/c1-31-12-14-32(15-13-31)19-7-8-22(26-17-19)29-25-28-20-10-16-34-23(20)24(30-25)33-21(9-11-27-33)18-5-3-2-4-6-18/h2-8,10-11,16-17,21H,9,12-15H2,1H3,(H,26,28,29,30). The van der Waals surface area contributed by atoms with E-state index in [2.05, 4.69) is 62.6 Å². The fraction of sp³-hybridized carbons (Fsp3) is 0.280. The first-order valence-electron chi connectivity index (χ1n) is 11.5. The molecular formula is C25H26N8S. The van der Waals surface area contributed by atoms with Crippen molar-refractivity contribution in [2.45, 2.75) is 12.5 Å². The summed E-state index contributed by atoms with van der Waals surface area (Å²) in [5, 5.41) is 12.1. The van der Waals surface area contributed by atoms with Crippen molar-refractivity contribution in [2.75, 3.05) is 48.5 Å². The van der Waals surface area contributed by atoms with Crippen LogP contribution in [0.4, 0.5) is 23.3 Å². The zero-order valence-corrected chi connectivity index (χ0v) is 19.8. The Hall–Kier alpha value is -3.56. The second-order valence-electron chi connectivity index (χ2n) is 8.63. The molecule has 0 radical (unpaired) electrons. The Labute approximate surface area is 202 Å². The Kier molecular flexibility index (Phi) is 5.56. The molecule has 9 heteroatoms. The fourth-order valence-electron chi connectivity index (χ4n) is 4.46. The molecule has 8 nitrogen and oxygen atoms in total. The molecule has 1 saturated heterocycles. The van der Waals surface area contributed by atoms with Gasteiger partial charge in [-0.2, -0.15) is 10.1 Å². The van der Waals surface area contributed by atoms with Crippen LogP contribution >= 0.6 is 11.3 Å². The van der Waals surface area contributed by atoms with Crippen LogP contribution in [0.1, 0.15) is 18.0 Å². The number of hydrogen-bond donors (Lipinski definition) is 1. The molecular weight excluding hydrogens is 444 g/mol. The summed E-state index contributed by atoms with van der Waals surface area (Å²) in [5.74, 6) is 2.07. The second kappa shape index (κ2) is 9.00. The van der Waals surface area contributed by atoms with Gasteiger partial charge in [0.2, 0.25) is 5.95 Å². The van der Waals surface area contributed by atoms with Gasteiger partial charge in [0.05, 0.1) is 28.1 Å². The third-order valence-electron chi connectivity index (χ3n) is 6.37. The molecule has 3 aromatic heterocycles. The number of nitrogens with zero attached hydrogens (tertiary/aromatic N) is 7. The minimum absolute atomic E-state index is 0.121. The van der Waals surface area contributed by atoms with E-state index in [9.17, 15) is 0 Å². The molecule has 6 rings (SSSR count). The van der Waals surface area contributed by atoms with Crippen LogP contribution in [0.2, 0.25) is 0 Å². The van der Waals surface area contributed by atoms with Gasteiger partial charge in [0.15, 0.2) is 5.82 Å². The van der Waals surface area contributed by atoms with Crippen LogP contribution in [0.15, 0.2) is 65.2 Å². The first-order valence-corrected chi connectivity index (χ1v) is 12.4. The molecule has 1 aromatic carbocycles.